The number of ether oxygens (including phenoxy) is 2. The van der Waals surface area contributed by atoms with Crippen molar-refractivity contribution in [3.63, 3.8) is 0 Å². The zero-order valence-corrected chi connectivity index (χ0v) is 28.4. The van der Waals surface area contributed by atoms with Gasteiger partial charge in [-0.1, -0.05) is 24.0 Å². The zero-order valence-electron chi connectivity index (χ0n) is 26.8. The van der Waals surface area contributed by atoms with E-state index >= 15 is 4.39 Å². The lowest BCUT2D eigenvalue weighted by atomic mass is 9.97. The minimum Gasteiger partial charge on any atom is -0.489 e. The van der Waals surface area contributed by atoms with Crippen LogP contribution in [-0.2, 0) is 26.7 Å². The number of anilines is 1. The molecule has 5 rings (SSSR count). The number of hydrogen-bond donors (Lipinski definition) is 2. The van der Waals surface area contributed by atoms with Crippen LogP contribution in [0.1, 0.15) is 33.5 Å². The van der Waals surface area contributed by atoms with Crippen molar-refractivity contribution in [2.75, 3.05) is 51.3 Å². The van der Waals surface area contributed by atoms with Gasteiger partial charge in [0.2, 0.25) is 5.91 Å². The third-order valence-electron chi connectivity index (χ3n) is 7.89. The Bertz CT molecular complexity index is 1860. The Kier molecular flexibility index (Phi) is 11.9. The van der Waals surface area contributed by atoms with Gasteiger partial charge in [0.25, 0.3) is 5.91 Å². The predicted octanol–water partition coefficient (Wildman–Crippen LogP) is 7.17. The van der Waals surface area contributed by atoms with Gasteiger partial charge in [-0.05, 0) is 71.8 Å². The maximum Gasteiger partial charge on any atom is 0.416 e. The number of morpholine rings is 1. The highest BCUT2D eigenvalue weighted by Crippen LogP contribution is 2.41. The Morgan fingerprint density at radius 3 is 2.15 bits per heavy atom. The third kappa shape index (κ3) is 9.67. The van der Waals surface area contributed by atoms with Crippen molar-refractivity contribution in [1.29, 1.82) is 0 Å². The van der Waals surface area contributed by atoms with E-state index in [9.17, 15) is 40.7 Å². The predicted molar refractivity (Wildman–Crippen MR) is 181 cm³/mol. The fraction of sp³-hybridized carbons (Fsp3) is 0.294. The maximum absolute atomic E-state index is 15.8. The van der Waals surface area contributed by atoms with Crippen LogP contribution in [0.4, 0.5) is 36.4 Å². The fourth-order valence-corrected chi connectivity index (χ4v) is 6.53. The van der Waals surface area contributed by atoms with Crippen LogP contribution in [-0.4, -0.2) is 83.0 Å². The number of benzene rings is 3. The molecule has 276 valence electrons. The van der Waals surface area contributed by atoms with Gasteiger partial charge < -0.3 is 19.9 Å². The van der Waals surface area contributed by atoms with Gasteiger partial charge in [-0.3, -0.25) is 19.4 Å². The van der Waals surface area contributed by atoms with Crippen LogP contribution in [0.3, 0.4) is 0 Å². The lowest BCUT2D eigenvalue weighted by molar-refractivity contribution is -0.143. The Hall–Kier alpha value is -4.52. The summed E-state index contributed by atoms with van der Waals surface area (Å²) in [6, 6.07) is 8.16. The highest BCUT2D eigenvalue weighted by molar-refractivity contribution is 8.26. The molecule has 3 aromatic carbocycles. The molecule has 9 nitrogen and oxygen atoms in total. The number of thioether (sulfide) groups is 1. The molecule has 0 unspecified atom stereocenters. The number of alkyl halides is 6. The molecule has 18 heteroatoms. The molecule has 2 fully saturated rings. The third-order valence-corrected chi connectivity index (χ3v) is 9.27. The van der Waals surface area contributed by atoms with E-state index in [4.69, 9.17) is 26.8 Å². The molecule has 52 heavy (non-hydrogen) atoms. The molecule has 2 heterocycles. The van der Waals surface area contributed by atoms with Gasteiger partial charge in [0.15, 0.2) is 11.6 Å². The number of rotatable bonds is 11. The molecular weight excluding hydrogens is 744 g/mol. The molecule has 3 aromatic rings. The van der Waals surface area contributed by atoms with Crippen LogP contribution in [0.5, 0.6) is 5.75 Å². The summed E-state index contributed by atoms with van der Waals surface area (Å²) in [5.74, 6) is -3.84. The van der Waals surface area contributed by atoms with Crippen molar-refractivity contribution < 1.29 is 59.7 Å². The Morgan fingerprint density at radius 1 is 0.942 bits per heavy atom. The molecule has 0 aromatic heterocycles. The van der Waals surface area contributed by atoms with E-state index < -0.39 is 58.4 Å². The van der Waals surface area contributed by atoms with E-state index in [1.54, 1.807) is 0 Å². The molecular formula is C34H28F7N3O6S2. The lowest BCUT2D eigenvalue weighted by Gasteiger charge is -2.26. The van der Waals surface area contributed by atoms with Gasteiger partial charge >= 0.3 is 18.3 Å². The number of carbonyl (C=O) groups excluding carboxylic acids is 2. The first-order chi connectivity index (χ1) is 24.5. The first-order valence-corrected chi connectivity index (χ1v) is 16.7. The largest absolute Gasteiger partial charge is 0.489 e. The number of nitrogens with one attached hydrogen (secondary N) is 1. The average Bonchev–Trinajstić information content (AvgIpc) is 3.35. The second kappa shape index (κ2) is 16.0. The van der Waals surface area contributed by atoms with Crippen LogP contribution in [0, 0.1) is 5.82 Å². The number of carbonyl (C=O) groups is 3. The molecule has 2 N–H and O–H groups in total. The molecule has 0 atom stereocenters. The minimum atomic E-state index is -5.14. The molecule has 0 radical (unpaired) electrons. The van der Waals surface area contributed by atoms with Crippen molar-refractivity contribution in [3.8, 4) is 16.9 Å². The standard InChI is InChI=1S/C34H28F7N3O6S2/c35-26-16-20(21-14-23(33(36,37)38)18-24(15-21)34(39,40)41)13-22(29(26)50-12-9-43-7-10-49-11-8-43)17-27-30(46)44(32(51)52-27)6-5-28(45)42-25-3-1-19(2-4-25)31(47)48/h1-4,13-18H,5-12H2,(H,42,45)(H,47,48)/b27-17-. The molecule has 2 amide bonds. The number of hydrogen-bond acceptors (Lipinski definition) is 8. The summed E-state index contributed by atoms with van der Waals surface area (Å²) < 4.78 is 109. The van der Waals surface area contributed by atoms with Crippen molar-refractivity contribution in [1.82, 2.24) is 9.80 Å². The summed E-state index contributed by atoms with van der Waals surface area (Å²) in [5, 5.41) is 11.6. The monoisotopic (exact) mass is 771 g/mol. The molecule has 0 saturated carbocycles. The van der Waals surface area contributed by atoms with Gasteiger partial charge in [0.05, 0.1) is 34.8 Å². The van der Waals surface area contributed by atoms with Crippen LogP contribution < -0.4 is 10.1 Å². The number of nitrogens with zero attached hydrogens (tertiary/aromatic N) is 2. The summed E-state index contributed by atoms with van der Waals surface area (Å²) in [6.45, 7) is 2.26. The number of halogens is 7. The van der Waals surface area contributed by atoms with Gasteiger partial charge in [0, 0.05) is 43.9 Å². The summed E-state index contributed by atoms with van der Waals surface area (Å²) in [5.41, 5.74) is -3.92. The van der Waals surface area contributed by atoms with Gasteiger partial charge in [-0.15, -0.1) is 0 Å². The number of thiocarbonyl (C=S) groups is 1. The number of amides is 2. The smallest absolute Gasteiger partial charge is 0.416 e. The minimum absolute atomic E-state index is 0.0133. The van der Waals surface area contributed by atoms with Crippen molar-refractivity contribution in [3.05, 3.63) is 87.6 Å². The highest BCUT2D eigenvalue weighted by atomic mass is 32.2. The molecule has 2 saturated heterocycles. The van der Waals surface area contributed by atoms with Gasteiger partial charge in [0.1, 0.15) is 10.9 Å². The van der Waals surface area contributed by atoms with E-state index in [0.29, 0.717) is 50.7 Å². The van der Waals surface area contributed by atoms with E-state index in [2.05, 4.69) is 5.32 Å². The van der Waals surface area contributed by atoms with Gasteiger partial charge in [-0.25, -0.2) is 9.18 Å². The summed E-state index contributed by atoms with van der Waals surface area (Å²) >= 11 is 6.13. The first kappa shape index (κ1) is 38.7. The SMILES string of the molecule is O=C(CCN1C(=O)/C(=C/c2cc(-c3cc(C(F)(F)F)cc(C(F)(F)F)c3)cc(F)c2OCCN2CCOCC2)SC1=S)Nc1ccc(C(=O)O)cc1. The van der Waals surface area contributed by atoms with E-state index in [1.165, 1.54) is 30.3 Å². The van der Waals surface area contributed by atoms with Crippen molar-refractivity contribution >= 4 is 57.8 Å². The van der Waals surface area contributed by atoms with E-state index in [-0.39, 0.29) is 51.6 Å². The van der Waals surface area contributed by atoms with Crippen LogP contribution in [0.25, 0.3) is 17.2 Å². The topological polar surface area (TPSA) is 108 Å². The highest BCUT2D eigenvalue weighted by Gasteiger charge is 2.37. The second-order valence-corrected chi connectivity index (χ2v) is 13.2. The first-order valence-electron chi connectivity index (χ1n) is 15.4. The Balaban J connectivity index is 1.42. The van der Waals surface area contributed by atoms with E-state index in [1.807, 2.05) is 4.90 Å². The van der Waals surface area contributed by atoms with E-state index in [0.717, 1.165) is 28.8 Å². The number of carboxylic acids is 1. The number of aromatic carboxylic acids is 1. The summed E-state index contributed by atoms with van der Waals surface area (Å²) in [6.07, 6.45) is -9.33. The Labute approximate surface area is 301 Å². The molecule has 0 spiro atoms. The fourth-order valence-electron chi connectivity index (χ4n) is 5.23. The number of carboxylic acid groups (broad SMARTS) is 1. The average molecular weight is 772 g/mol. The maximum atomic E-state index is 15.8. The Morgan fingerprint density at radius 2 is 1.56 bits per heavy atom. The van der Waals surface area contributed by atoms with Crippen LogP contribution in [0.2, 0.25) is 0 Å². The molecule has 0 bridgehead atoms. The van der Waals surface area contributed by atoms with Crippen LogP contribution >= 0.6 is 24.0 Å². The summed E-state index contributed by atoms with van der Waals surface area (Å²) in [7, 11) is 0. The lowest BCUT2D eigenvalue weighted by Crippen LogP contribution is -2.38. The normalized spacial score (nSPS) is 16.4. The quantitative estimate of drug-likeness (QED) is 0.119. The molecule has 0 aliphatic carbocycles. The summed E-state index contributed by atoms with van der Waals surface area (Å²) in [4.78, 5) is 40.1. The second-order valence-electron chi connectivity index (χ2n) is 11.5. The van der Waals surface area contributed by atoms with Crippen molar-refractivity contribution in [2.45, 2.75) is 18.8 Å². The van der Waals surface area contributed by atoms with Crippen LogP contribution in [0.15, 0.2) is 59.5 Å². The zero-order chi connectivity index (χ0) is 37.8. The molecule has 2 aliphatic rings. The van der Waals surface area contributed by atoms with Gasteiger partial charge in [-0.2, -0.15) is 26.3 Å². The van der Waals surface area contributed by atoms with Crippen molar-refractivity contribution in [2.24, 2.45) is 0 Å². The molecule has 2 aliphatic heterocycles.